The molecule has 1 N–H and O–H groups in total. The van der Waals surface area contributed by atoms with Crippen LogP contribution >= 0.6 is 11.8 Å². The number of carbonyl (C=O) groups excluding carboxylic acids is 1. The molecule has 1 aliphatic heterocycles. The molecule has 116 valence electrons. The molecule has 0 bridgehead atoms. The lowest BCUT2D eigenvalue weighted by atomic mass is 10.1. The normalized spacial score (nSPS) is 15.9. The van der Waals surface area contributed by atoms with Crippen LogP contribution in [-0.4, -0.2) is 41.9 Å². The van der Waals surface area contributed by atoms with Crippen molar-refractivity contribution >= 4 is 17.7 Å². The third kappa shape index (κ3) is 5.71. The Morgan fingerprint density at radius 1 is 1.19 bits per heavy atom. The van der Waals surface area contributed by atoms with Gasteiger partial charge in [-0.3, -0.25) is 9.69 Å². The van der Waals surface area contributed by atoms with Crippen LogP contribution in [0.1, 0.15) is 42.1 Å². The van der Waals surface area contributed by atoms with Crippen LogP contribution < -0.4 is 5.32 Å². The van der Waals surface area contributed by atoms with Crippen LogP contribution in [0, 0.1) is 0 Å². The first-order valence-corrected chi connectivity index (χ1v) is 9.12. The Kier molecular flexibility index (Phi) is 7.10. The average molecular weight is 306 g/mol. The fraction of sp³-hybridized carbons (Fsp3) is 0.588. The zero-order valence-electron chi connectivity index (χ0n) is 12.9. The minimum atomic E-state index is 0.0382. The molecule has 0 spiro atoms. The summed E-state index contributed by atoms with van der Waals surface area (Å²) in [5, 5.41) is 2.96. The maximum Gasteiger partial charge on any atom is 0.251 e. The fourth-order valence-electron chi connectivity index (χ4n) is 2.62. The second kappa shape index (κ2) is 9.11. The van der Waals surface area contributed by atoms with Crippen LogP contribution in [0.2, 0.25) is 0 Å². The molecule has 21 heavy (non-hydrogen) atoms. The first-order valence-electron chi connectivity index (χ1n) is 7.97. The molecule has 1 aromatic carbocycles. The number of rotatable bonds is 7. The van der Waals surface area contributed by atoms with Crippen molar-refractivity contribution in [3.63, 3.8) is 0 Å². The van der Waals surface area contributed by atoms with Gasteiger partial charge in [-0.15, -0.1) is 0 Å². The molecule has 1 fully saturated rings. The first-order chi connectivity index (χ1) is 10.3. The summed E-state index contributed by atoms with van der Waals surface area (Å²) in [5.41, 5.74) is 2.06. The Hall–Kier alpha value is -1.00. The van der Waals surface area contributed by atoms with Gasteiger partial charge < -0.3 is 5.32 Å². The maximum atomic E-state index is 12.0. The van der Waals surface area contributed by atoms with E-state index < -0.39 is 0 Å². The van der Waals surface area contributed by atoms with Gasteiger partial charge in [0.05, 0.1) is 0 Å². The van der Waals surface area contributed by atoms with Crippen molar-refractivity contribution in [1.29, 1.82) is 0 Å². The molecule has 0 atom stereocenters. The Morgan fingerprint density at radius 3 is 2.57 bits per heavy atom. The highest BCUT2D eigenvalue weighted by molar-refractivity contribution is 7.99. The van der Waals surface area contributed by atoms with E-state index in [-0.39, 0.29) is 5.91 Å². The van der Waals surface area contributed by atoms with E-state index in [4.69, 9.17) is 0 Å². The Balaban J connectivity index is 1.79. The summed E-state index contributed by atoms with van der Waals surface area (Å²) < 4.78 is 0. The van der Waals surface area contributed by atoms with Crippen LogP contribution in [0.25, 0.3) is 0 Å². The van der Waals surface area contributed by atoms with Crippen LogP contribution in [0.5, 0.6) is 0 Å². The summed E-state index contributed by atoms with van der Waals surface area (Å²) in [6.45, 7) is 6.30. The number of carbonyl (C=O) groups is 1. The topological polar surface area (TPSA) is 32.3 Å². The van der Waals surface area contributed by atoms with E-state index in [1.807, 2.05) is 23.9 Å². The van der Waals surface area contributed by atoms with Gasteiger partial charge in [-0.05, 0) is 49.4 Å². The van der Waals surface area contributed by atoms with Gasteiger partial charge in [0, 0.05) is 24.4 Å². The van der Waals surface area contributed by atoms with E-state index >= 15 is 0 Å². The first kappa shape index (κ1) is 16.4. The monoisotopic (exact) mass is 306 g/mol. The molecule has 0 aromatic heterocycles. The van der Waals surface area contributed by atoms with Gasteiger partial charge in [-0.25, -0.2) is 0 Å². The highest BCUT2D eigenvalue weighted by atomic mass is 32.2. The van der Waals surface area contributed by atoms with E-state index in [0.29, 0.717) is 0 Å². The second-order valence-electron chi connectivity index (χ2n) is 5.49. The van der Waals surface area contributed by atoms with Crippen molar-refractivity contribution in [3.8, 4) is 0 Å². The van der Waals surface area contributed by atoms with E-state index in [2.05, 4.69) is 29.3 Å². The van der Waals surface area contributed by atoms with Gasteiger partial charge in [0.2, 0.25) is 0 Å². The van der Waals surface area contributed by atoms with Gasteiger partial charge in [0.25, 0.3) is 5.91 Å². The number of nitrogens with one attached hydrogen (secondary N) is 1. The summed E-state index contributed by atoms with van der Waals surface area (Å²) in [7, 11) is 0. The molecule has 3 nitrogen and oxygen atoms in total. The van der Waals surface area contributed by atoms with E-state index in [9.17, 15) is 4.79 Å². The molecule has 1 amide bonds. The van der Waals surface area contributed by atoms with Gasteiger partial charge in [0.1, 0.15) is 0 Å². The van der Waals surface area contributed by atoms with Crippen LogP contribution in [0.3, 0.4) is 0 Å². The van der Waals surface area contributed by atoms with E-state index in [1.54, 1.807) is 0 Å². The third-order valence-electron chi connectivity index (χ3n) is 3.81. The smallest absolute Gasteiger partial charge is 0.251 e. The molecule has 0 aliphatic carbocycles. The van der Waals surface area contributed by atoms with Crippen LogP contribution in [0.15, 0.2) is 24.3 Å². The minimum absolute atomic E-state index is 0.0382. The van der Waals surface area contributed by atoms with Crippen LogP contribution in [-0.2, 0) is 6.54 Å². The maximum absolute atomic E-state index is 12.0. The molecule has 0 radical (unpaired) electrons. The number of nitrogens with zero attached hydrogens (tertiary/aromatic N) is 1. The predicted octanol–water partition coefficient (Wildman–Crippen LogP) is 3.16. The summed E-state index contributed by atoms with van der Waals surface area (Å²) in [6.07, 6.45) is 4.00. The molecule has 1 saturated heterocycles. The summed E-state index contributed by atoms with van der Waals surface area (Å²) in [4.78, 5) is 14.5. The van der Waals surface area contributed by atoms with Crippen molar-refractivity contribution in [2.24, 2.45) is 0 Å². The van der Waals surface area contributed by atoms with Crippen molar-refractivity contribution in [1.82, 2.24) is 10.2 Å². The standard InChI is InChI=1S/C17H26N2OS/c1-2-21-13-10-18-17(20)16-8-6-15(7-9-16)14-19-11-4-3-5-12-19/h6-9H,2-5,10-14H2,1H3,(H,18,20). The van der Waals surface area contributed by atoms with Crippen molar-refractivity contribution in [3.05, 3.63) is 35.4 Å². The molecule has 1 aliphatic rings. The minimum Gasteiger partial charge on any atom is -0.351 e. The molecule has 1 heterocycles. The van der Waals surface area contributed by atoms with Crippen LogP contribution in [0.4, 0.5) is 0 Å². The Bertz CT molecular complexity index is 427. The number of likely N-dealkylation sites (tertiary alicyclic amines) is 1. The Labute approximate surface area is 132 Å². The third-order valence-corrected chi connectivity index (χ3v) is 4.71. The lowest BCUT2D eigenvalue weighted by molar-refractivity contribution is 0.0956. The molecular formula is C17H26N2OS. The molecule has 1 aromatic rings. The van der Waals surface area contributed by atoms with Gasteiger partial charge in [0.15, 0.2) is 0 Å². The molecule has 4 heteroatoms. The van der Waals surface area contributed by atoms with E-state index in [0.717, 1.165) is 30.2 Å². The van der Waals surface area contributed by atoms with Gasteiger partial charge >= 0.3 is 0 Å². The van der Waals surface area contributed by atoms with Gasteiger partial charge in [-0.2, -0.15) is 11.8 Å². The number of hydrogen-bond donors (Lipinski definition) is 1. The number of amides is 1. The zero-order valence-corrected chi connectivity index (χ0v) is 13.8. The summed E-state index contributed by atoms with van der Waals surface area (Å²) in [5.74, 6) is 2.12. The fourth-order valence-corrected chi connectivity index (χ4v) is 3.16. The van der Waals surface area contributed by atoms with Crippen molar-refractivity contribution in [2.75, 3.05) is 31.1 Å². The van der Waals surface area contributed by atoms with Gasteiger partial charge in [-0.1, -0.05) is 25.5 Å². The van der Waals surface area contributed by atoms with Crippen molar-refractivity contribution < 1.29 is 4.79 Å². The SMILES string of the molecule is CCSCCNC(=O)c1ccc(CN2CCCCC2)cc1. The quantitative estimate of drug-likeness (QED) is 0.785. The molecule has 2 rings (SSSR count). The highest BCUT2D eigenvalue weighted by Crippen LogP contribution is 2.13. The molecule has 0 unspecified atom stereocenters. The Morgan fingerprint density at radius 2 is 1.90 bits per heavy atom. The number of hydrogen-bond acceptors (Lipinski definition) is 3. The largest absolute Gasteiger partial charge is 0.351 e. The highest BCUT2D eigenvalue weighted by Gasteiger charge is 2.11. The lowest BCUT2D eigenvalue weighted by Crippen LogP contribution is -2.29. The predicted molar refractivity (Wildman–Crippen MR) is 90.9 cm³/mol. The zero-order chi connectivity index (χ0) is 14.9. The lowest BCUT2D eigenvalue weighted by Gasteiger charge is -2.26. The summed E-state index contributed by atoms with van der Waals surface area (Å²) in [6, 6.07) is 8.07. The second-order valence-corrected chi connectivity index (χ2v) is 6.88. The average Bonchev–Trinajstić information content (AvgIpc) is 2.53. The molecule has 0 saturated carbocycles. The number of thioether (sulfide) groups is 1. The number of piperidine rings is 1. The molecular weight excluding hydrogens is 280 g/mol. The summed E-state index contributed by atoms with van der Waals surface area (Å²) >= 11 is 1.85. The number of benzene rings is 1. The van der Waals surface area contributed by atoms with Crippen molar-refractivity contribution in [2.45, 2.75) is 32.7 Å². The van der Waals surface area contributed by atoms with E-state index in [1.165, 1.54) is 37.9 Å².